The van der Waals surface area contributed by atoms with E-state index in [1.807, 2.05) is 24.3 Å². The van der Waals surface area contributed by atoms with Gasteiger partial charge in [-0.15, -0.1) is 0 Å². The first-order valence-electron chi connectivity index (χ1n) is 7.47. The van der Waals surface area contributed by atoms with Gasteiger partial charge in [0.1, 0.15) is 12.1 Å². The summed E-state index contributed by atoms with van der Waals surface area (Å²) in [6.45, 7) is 4.52. The Hall–Kier alpha value is -2.34. The molecule has 1 aromatic carbocycles. The number of amides is 1. The molecule has 2 aromatic rings. The van der Waals surface area contributed by atoms with Crippen LogP contribution < -0.4 is 10.2 Å². The van der Waals surface area contributed by atoms with Crippen molar-refractivity contribution < 1.29 is 23.6 Å². The summed E-state index contributed by atoms with van der Waals surface area (Å²) in [6.07, 6.45) is 0. The minimum atomic E-state index is -0.449. The fraction of sp³-hybridized carbons (Fsp3) is 0.375. The van der Waals surface area contributed by atoms with E-state index in [4.69, 9.17) is 9.15 Å². The average Bonchev–Trinajstić information content (AvgIpc) is 2.87. The van der Waals surface area contributed by atoms with Gasteiger partial charge < -0.3 is 19.4 Å². The standard InChI is InChI=1S/C16H18N2O4/c1-2-21-16(20)15-12(9-18-8-7-17-14(19)10-18)11-5-3-4-6-13(11)22-15/h3-6H,2,7-10H2,1H3,(H,17,19)/p+1. The molecule has 0 spiro atoms. The molecule has 0 saturated carbocycles. The first kappa shape index (κ1) is 14.6. The summed E-state index contributed by atoms with van der Waals surface area (Å²) in [6, 6.07) is 7.54. The molecule has 1 aliphatic heterocycles. The number of ether oxygens (including phenoxy) is 1. The van der Waals surface area contributed by atoms with Crippen molar-refractivity contribution in [2.45, 2.75) is 13.5 Å². The van der Waals surface area contributed by atoms with Crippen LogP contribution in [0.1, 0.15) is 23.0 Å². The number of hydrogen-bond donors (Lipinski definition) is 2. The van der Waals surface area contributed by atoms with E-state index in [1.165, 1.54) is 0 Å². The van der Waals surface area contributed by atoms with Gasteiger partial charge in [-0.25, -0.2) is 4.79 Å². The van der Waals surface area contributed by atoms with Gasteiger partial charge in [0.05, 0.1) is 25.3 Å². The molecule has 1 saturated heterocycles. The number of nitrogens with one attached hydrogen (secondary N) is 2. The highest BCUT2D eigenvalue weighted by molar-refractivity contribution is 5.96. The van der Waals surface area contributed by atoms with E-state index in [9.17, 15) is 9.59 Å². The molecule has 1 aliphatic rings. The van der Waals surface area contributed by atoms with Gasteiger partial charge in [0.2, 0.25) is 5.76 Å². The molecule has 1 atom stereocenters. The van der Waals surface area contributed by atoms with Crippen molar-refractivity contribution in [3.8, 4) is 0 Å². The lowest BCUT2D eigenvalue weighted by molar-refractivity contribution is -0.907. The van der Waals surface area contributed by atoms with E-state index < -0.39 is 5.97 Å². The van der Waals surface area contributed by atoms with Crippen LogP contribution in [0, 0.1) is 0 Å². The third-order valence-electron chi connectivity index (χ3n) is 3.80. The van der Waals surface area contributed by atoms with Gasteiger partial charge in [-0.1, -0.05) is 18.2 Å². The lowest BCUT2D eigenvalue weighted by Crippen LogP contribution is -3.14. The second kappa shape index (κ2) is 6.19. The van der Waals surface area contributed by atoms with Gasteiger partial charge in [0.15, 0.2) is 6.54 Å². The molecule has 1 unspecified atom stereocenters. The third kappa shape index (κ3) is 2.82. The normalized spacial score (nSPS) is 18.2. The Balaban J connectivity index is 1.96. The molecule has 0 bridgehead atoms. The first-order chi connectivity index (χ1) is 10.7. The minimum absolute atomic E-state index is 0.0340. The molecule has 1 fully saturated rings. The van der Waals surface area contributed by atoms with Gasteiger partial charge in [-0.2, -0.15) is 0 Å². The molecular formula is C16H19N2O4+. The Morgan fingerprint density at radius 2 is 2.23 bits per heavy atom. The van der Waals surface area contributed by atoms with Crippen molar-refractivity contribution in [1.29, 1.82) is 0 Å². The summed E-state index contributed by atoms with van der Waals surface area (Å²) in [7, 11) is 0. The number of quaternary nitrogens is 1. The highest BCUT2D eigenvalue weighted by atomic mass is 16.5. The number of fused-ring (bicyclic) bond motifs is 1. The van der Waals surface area contributed by atoms with Gasteiger partial charge in [-0.05, 0) is 13.0 Å². The summed E-state index contributed by atoms with van der Waals surface area (Å²) in [5, 5.41) is 3.72. The number of furan rings is 1. The quantitative estimate of drug-likeness (QED) is 0.787. The summed E-state index contributed by atoms with van der Waals surface area (Å²) in [4.78, 5) is 24.8. The summed E-state index contributed by atoms with van der Waals surface area (Å²) in [5.74, 6) is -0.164. The molecule has 3 rings (SSSR count). The maximum absolute atomic E-state index is 12.1. The van der Waals surface area contributed by atoms with Crippen LogP contribution in [0.2, 0.25) is 0 Å². The average molecular weight is 303 g/mol. The van der Waals surface area contributed by atoms with Crippen LogP contribution in [0.4, 0.5) is 0 Å². The first-order valence-corrected chi connectivity index (χ1v) is 7.47. The topological polar surface area (TPSA) is 73.0 Å². The fourth-order valence-corrected chi connectivity index (χ4v) is 2.79. The van der Waals surface area contributed by atoms with Crippen LogP contribution in [-0.4, -0.2) is 38.1 Å². The number of hydrogen-bond acceptors (Lipinski definition) is 4. The van der Waals surface area contributed by atoms with E-state index in [2.05, 4.69) is 5.32 Å². The Morgan fingerprint density at radius 1 is 1.41 bits per heavy atom. The second-order valence-corrected chi connectivity index (χ2v) is 5.33. The number of carbonyl (C=O) groups excluding carboxylic acids is 2. The summed E-state index contributed by atoms with van der Waals surface area (Å²) >= 11 is 0. The maximum Gasteiger partial charge on any atom is 0.374 e. The van der Waals surface area contributed by atoms with Crippen molar-refractivity contribution in [3.05, 3.63) is 35.6 Å². The predicted octanol–water partition coefficient (Wildman–Crippen LogP) is 0.124. The molecule has 0 aliphatic carbocycles. The fourth-order valence-electron chi connectivity index (χ4n) is 2.79. The van der Waals surface area contributed by atoms with E-state index in [0.717, 1.165) is 22.4 Å². The molecule has 22 heavy (non-hydrogen) atoms. The Morgan fingerprint density at radius 3 is 3.00 bits per heavy atom. The van der Waals surface area contributed by atoms with Crippen LogP contribution >= 0.6 is 0 Å². The molecule has 2 N–H and O–H groups in total. The molecule has 1 aromatic heterocycles. The van der Waals surface area contributed by atoms with E-state index in [1.54, 1.807) is 6.92 Å². The van der Waals surface area contributed by atoms with E-state index in [0.29, 0.717) is 31.8 Å². The smallest absolute Gasteiger partial charge is 0.374 e. The molecule has 1 amide bonds. The lowest BCUT2D eigenvalue weighted by Gasteiger charge is -2.23. The Bertz CT molecular complexity index is 707. The third-order valence-corrected chi connectivity index (χ3v) is 3.80. The van der Waals surface area contributed by atoms with Crippen LogP contribution in [0.3, 0.4) is 0 Å². The molecule has 6 nitrogen and oxygen atoms in total. The zero-order valence-electron chi connectivity index (χ0n) is 12.5. The van der Waals surface area contributed by atoms with E-state index >= 15 is 0 Å². The van der Waals surface area contributed by atoms with Gasteiger partial charge in [0.25, 0.3) is 5.91 Å². The predicted molar refractivity (Wildman–Crippen MR) is 79.6 cm³/mol. The van der Waals surface area contributed by atoms with Crippen molar-refractivity contribution in [1.82, 2.24) is 5.32 Å². The van der Waals surface area contributed by atoms with Crippen molar-refractivity contribution >= 4 is 22.8 Å². The lowest BCUT2D eigenvalue weighted by atomic mass is 10.1. The van der Waals surface area contributed by atoms with Gasteiger partial charge in [0, 0.05) is 5.39 Å². The van der Waals surface area contributed by atoms with Crippen LogP contribution in [0.25, 0.3) is 11.0 Å². The molecule has 0 radical (unpaired) electrons. The number of benzene rings is 1. The number of para-hydroxylation sites is 1. The molecule has 116 valence electrons. The van der Waals surface area contributed by atoms with Crippen LogP contribution in [0.5, 0.6) is 0 Å². The van der Waals surface area contributed by atoms with Crippen molar-refractivity contribution in [2.24, 2.45) is 0 Å². The maximum atomic E-state index is 12.1. The summed E-state index contributed by atoms with van der Waals surface area (Å²) < 4.78 is 10.8. The van der Waals surface area contributed by atoms with E-state index in [-0.39, 0.29) is 11.7 Å². The van der Waals surface area contributed by atoms with Crippen LogP contribution in [0.15, 0.2) is 28.7 Å². The SMILES string of the molecule is CCOC(=O)c1oc2ccccc2c1C[NH+]1CCNC(=O)C1. The van der Waals surface area contributed by atoms with Crippen molar-refractivity contribution in [3.63, 3.8) is 0 Å². The highest BCUT2D eigenvalue weighted by Gasteiger charge is 2.27. The van der Waals surface area contributed by atoms with Gasteiger partial charge in [-0.3, -0.25) is 4.79 Å². The van der Waals surface area contributed by atoms with Gasteiger partial charge >= 0.3 is 5.97 Å². The molecule has 2 heterocycles. The second-order valence-electron chi connectivity index (χ2n) is 5.33. The molecule has 6 heteroatoms. The number of rotatable bonds is 4. The van der Waals surface area contributed by atoms with Crippen LogP contribution in [-0.2, 0) is 16.1 Å². The zero-order chi connectivity index (χ0) is 15.5. The van der Waals surface area contributed by atoms with Crippen molar-refractivity contribution in [2.75, 3.05) is 26.2 Å². The number of piperazine rings is 1. The summed E-state index contributed by atoms with van der Waals surface area (Å²) in [5.41, 5.74) is 1.49. The Labute approximate surface area is 128 Å². The largest absolute Gasteiger partial charge is 0.460 e. The highest BCUT2D eigenvalue weighted by Crippen LogP contribution is 2.26. The Kier molecular flexibility index (Phi) is 4.11. The molecular weight excluding hydrogens is 284 g/mol. The zero-order valence-corrected chi connectivity index (χ0v) is 12.5. The monoisotopic (exact) mass is 303 g/mol. The minimum Gasteiger partial charge on any atom is -0.460 e. The number of carbonyl (C=O) groups is 2. The number of esters is 1.